The third-order valence-electron chi connectivity index (χ3n) is 6.17. The van der Waals surface area contributed by atoms with Crippen LogP contribution in [-0.2, 0) is 5.41 Å². The van der Waals surface area contributed by atoms with Gasteiger partial charge in [0.2, 0.25) is 11.8 Å². The summed E-state index contributed by atoms with van der Waals surface area (Å²) in [4.78, 5) is 33.6. The fraction of sp³-hybridized carbons (Fsp3) is 0.571. The van der Waals surface area contributed by atoms with Crippen molar-refractivity contribution in [2.75, 3.05) is 32.7 Å². The van der Waals surface area contributed by atoms with Crippen LogP contribution in [0.15, 0.2) is 22.7 Å². The van der Waals surface area contributed by atoms with E-state index in [1.165, 1.54) is 0 Å². The Morgan fingerprint density at radius 3 is 2.70 bits per heavy atom. The quantitative estimate of drug-likeness (QED) is 0.823. The Labute approximate surface area is 175 Å². The molecule has 0 radical (unpaired) electrons. The first kappa shape index (κ1) is 20.3. The highest BCUT2D eigenvalue weighted by atomic mass is 16.4. The van der Waals surface area contributed by atoms with E-state index < -0.39 is 5.41 Å². The normalized spacial score (nSPS) is 23.4. The third-order valence-corrected chi connectivity index (χ3v) is 6.17. The second-order valence-corrected chi connectivity index (χ2v) is 8.28. The Morgan fingerprint density at radius 2 is 2.03 bits per heavy atom. The van der Waals surface area contributed by atoms with Crippen molar-refractivity contribution in [3.8, 4) is 0 Å². The molecule has 2 aliphatic rings. The molecule has 9 nitrogen and oxygen atoms in total. The van der Waals surface area contributed by atoms with Crippen molar-refractivity contribution in [2.24, 2.45) is 5.92 Å². The zero-order valence-corrected chi connectivity index (χ0v) is 17.7. The second kappa shape index (κ2) is 8.04. The summed E-state index contributed by atoms with van der Waals surface area (Å²) in [7, 11) is 0. The summed E-state index contributed by atoms with van der Waals surface area (Å²) >= 11 is 0. The molecule has 3 amide bonds. The largest absolute Gasteiger partial charge is 0.425 e. The number of hydrogen-bond acceptors (Lipinski definition) is 6. The van der Waals surface area contributed by atoms with E-state index in [2.05, 4.69) is 20.5 Å². The minimum absolute atomic E-state index is 0.0286. The van der Waals surface area contributed by atoms with Crippen molar-refractivity contribution in [1.29, 1.82) is 0 Å². The van der Waals surface area contributed by atoms with Crippen molar-refractivity contribution in [3.05, 3.63) is 41.4 Å². The molecule has 30 heavy (non-hydrogen) atoms. The lowest BCUT2D eigenvalue weighted by atomic mass is 9.72. The van der Waals surface area contributed by atoms with E-state index in [0.717, 1.165) is 12.1 Å². The number of nitrogens with zero attached hydrogens (tertiary/aromatic N) is 5. The van der Waals surface area contributed by atoms with Crippen LogP contribution in [0.1, 0.15) is 47.6 Å². The number of carbonyl (C=O) groups is 2. The SMILES string of the molecule is CCCNC(=O)N1C[C@@H]2CN(C(=O)c3ccc(C)nc3)CC[C@]2(c2nnc(C)o2)C1. The molecule has 1 N–H and O–H groups in total. The molecule has 2 saturated heterocycles. The summed E-state index contributed by atoms with van der Waals surface area (Å²) in [5.74, 6) is 1.07. The average molecular weight is 412 g/mol. The number of likely N-dealkylation sites (tertiary alicyclic amines) is 2. The maximum absolute atomic E-state index is 13.0. The number of nitrogens with one attached hydrogen (secondary N) is 1. The lowest BCUT2D eigenvalue weighted by Crippen LogP contribution is -2.51. The van der Waals surface area contributed by atoms with E-state index >= 15 is 0 Å². The van der Waals surface area contributed by atoms with Gasteiger partial charge in [0.05, 0.1) is 11.0 Å². The van der Waals surface area contributed by atoms with Crippen LogP contribution in [0.3, 0.4) is 0 Å². The average Bonchev–Trinajstić information content (AvgIpc) is 3.36. The number of aryl methyl sites for hydroxylation is 2. The molecule has 0 spiro atoms. The molecule has 9 heteroatoms. The fourth-order valence-corrected chi connectivity index (χ4v) is 4.49. The summed E-state index contributed by atoms with van der Waals surface area (Å²) < 4.78 is 5.84. The molecule has 2 aromatic heterocycles. The molecular weight excluding hydrogens is 384 g/mol. The van der Waals surface area contributed by atoms with Crippen LogP contribution >= 0.6 is 0 Å². The summed E-state index contributed by atoms with van der Waals surface area (Å²) in [5.41, 5.74) is 1.03. The molecular formula is C21H28N6O3. The monoisotopic (exact) mass is 412 g/mol. The van der Waals surface area contributed by atoms with Crippen LogP contribution < -0.4 is 5.32 Å². The Balaban J connectivity index is 1.57. The maximum Gasteiger partial charge on any atom is 0.317 e. The minimum Gasteiger partial charge on any atom is -0.425 e. The van der Waals surface area contributed by atoms with Gasteiger partial charge in [-0.15, -0.1) is 10.2 Å². The van der Waals surface area contributed by atoms with Crippen molar-refractivity contribution in [1.82, 2.24) is 30.3 Å². The standard InChI is InChI=1S/C21H28N6O3/c1-4-8-22-20(29)27-12-17-11-26(18(28)16-6-5-14(2)23-10-16)9-7-21(17,13-27)19-25-24-15(3)30-19/h5-6,10,17H,4,7-9,11-13H2,1-3H3,(H,22,29)/t17-,21-/m0/s1. The van der Waals surface area contributed by atoms with Gasteiger partial charge in [0.15, 0.2) is 0 Å². The lowest BCUT2D eigenvalue weighted by molar-refractivity contribution is 0.0567. The van der Waals surface area contributed by atoms with Crippen LogP contribution in [0, 0.1) is 19.8 Å². The Hall–Kier alpha value is -2.97. The number of rotatable bonds is 4. The molecule has 0 aliphatic carbocycles. The van der Waals surface area contributed by atoms with Crippen LogP contribution in [0.4, 0.5) is 4.79 Å². The number of urea groups is 1. The van der Waals surface area contributed by atoms with E-state index in [-0.39, 0.29) is 17.9 Å². The molecule has 160 valence electrons. The van der Waals surface area contributed by atoms with Gasteiger partial charge in [-0.2, -0.15) is 0 Å². The molecule has 2 atom stereocenters. The molecule has 0 aromatic carbocycles. The molecule has 2 fully saturated rings. The smallest absolute Gasteiger partial charge is 0.317 e. The van der Waals surface area contributed by atoms with Gasteiger partial charge in [-0.05, 0) is 31.9 Å². The highest BCUT2D eigenvalue weighted by molar-refractivity contribution is 5.94. The lowest BCUT2D eigenvalue weighted by Gasteiger charge is -2.41. The number of aromatic nitrogens is 3. The van der Waals surface area contributed by atoms with Crippen LogP contribution in [0.25, 0.3) is 0 Å². The van der Waals surface area contributed by atoms with Crippen molar-refractivity contribution in [2.45, 2.75) is 39.0 Å². The third kappa shape index (κ3) is 3.64. The van der Waals surface area contributed by atoms with Gasteiger partial charge in [-0.3, -0.25) is 9.78 Å². The van der Waals surface area contributed by atoms with Gasteiger partial charge in [0, 0.05) is 57.5 Å². The van der Waals surface area contributed by atoms with Gasteiger partial charge < -0.3 is 19.5 Å². The van der Waals surface area contributed by atoms with Crippen LogP contribution in [0.2, 0.25) is 0 Å². The van der Waals surface area contributed by atoms with E-state index in [1.807, 2.05) is 35.8 Å². The van der Waals surface area contributed by atoms with Gasteiger partial charge >= 0.3 is 6.03 Å². The summed E-state index contributed by atoms with van der Waals surface area (Å²) in [5, 5.41) is 11.3. The van der Waals surface area contributed by atoms with Crippen LogP contribution in [0.5, 0.6) is 0 Å². The van der Waals surface area contributed by atoms with Gasteiger partial charge in [0.1, 0.15) is 0 Å². The minimum atomic E-state index is -0.423. The van der Waals surface area contributed by atoms with E-state index in [9.17, 15) is 9.59 Å². The van der Waals surface area contributed by atoms with Gasteiger partial charge in [-0.25, -0.2) is 4.79 Å². The number of pyridine rings is 1. The fourth-order valence-electron chi connectivity index (χ4n) is 4.49. The summed E-state index contributed by atoms with van der Waals surface area (Å²) in [6.07, 6.45) is 3.17. The summed E-state index contributed by atoms with van der Waals surface area (Å²) in [6.45, 7) is 8.49. The number of fused-ring (bicyclic) bond motifs is 1. The second-order valence-electron chi connectivity index (χ2n) is 8.28. The van der Waals surface area contributed by atoms with Gasteiger partial charge in [-0.1, -0.05) is 6.92 Å². The maximum atomic E-state index is 13.0. The summed E-state index contributed by atoms with van der Waals surface area (Å²) in [6, 6.07) is 3.58. The number of piperidine rings is 1. The van der Waals surface area contributed by atoms with Crippen molar-refractivity contribution in [3.63, 3.8) is 0 Å². The van der Waals surface area contributed by atoms with Crippen LogP contribution in [-0.4, -0.2) is 69.6 Å². The molecule has 4 rings (SSSR count). The zero-order chi connectivity index (χ0) is 21.3. The van der Waals surface area contributed by atoms with Gasteiger partial charge in [0.25, 0.3) is 5.91 Å². The van der Waals surface area contributed by atoms with E-state index in [1.54, 1.807) is 13.1 Å². The molecule has 0 bridgehead atoms. The zero-order valence-electron chi connectivity index (χ0n) is 17.7. The highest BCUT2D eigenvalue weighted by Gasteiger charge is 2.55. The Kier molecular flexibility index (Phi) is 5.44. The molecule has 2 aliphatic heterocycles. The number of carbonyl (C=O) groups excluding carboxylic acids is 2. The van der Waals surface area contributed by atoms with E-state index in [4.69, 9.17) is 4.42 Å². The molecule has 4 heterocycles. The Bertz CT molecular complexity index is 927. The first-order chi connectivity index (χ1) is 14.4. The number of hydrogen-bond donors (Lipinski definition) is 1. The number of amides is 3. The molecule has 2 aromatic rings. The Morgan fingerprint density at radius 1 is 1.23 bits per heavy atom. The molecule has 0 saturated carbocycles. The topological polar surface area (TPSA) is 104 Å². The van der Waals surface area contributed by atoms with Crippen molar-refractivity contribution >= 4 is 11.9 Å². The first-order valence-corrected chi connectivity index (χ1v) is 10.5. The highest BCUT2D eigenvalue weighted by Crippen LogP contribution is 2.45. The van der Waals surface area contributed by atoms with Crippen molar-refractivity contribution < 1.29 is 14.0 Å². The predicted molar refractivity (Wildman–Crippen MR) is 109 cm³/mol. The predicted octanol–water partition coefficient (Wildman–Crippen LogP) is 1.92. The van der Waals surface area contributed by atoms with E-state index in [0.29, 0.717) is 56.5 Å². The first-order valence-electron chi connectivity index (χ1n) is 10.5. The molecule has 0 unspecified atom stereocenters.